The van der Waals surface area contributed by atoms with Gasteiger partial charge in [0.1, 0.15) is 8.07 Å². The van der Waals surface area contributed by atoms with Gasteiger partial charge in [-0.25, -0.2) is 0 Å². The zero-order valence-corrected chi connectivity index (χ0v) is 16.5. The van der Waals surface area contributed by atoms with Crippen LogP contribution in [-0.2, 0) is 4.43 Å². The van der Waals surface area contributed by atoms with Gasteiger partial charge in [0.05, 0.1) is 5.76 Å². The Labute approximate surface area is 128 Å². The van der Waals surface area contributed by atoms with Crippen LogP contribution in [0, 0.1) is 16.9 Å². The predicted molar refractivity (Wildman–Crippen MR) is 94.8 cm³/mol. The second-order valence-corrected chi connectivity index (χ2v) is 17.6. The van der Waals surface area contributed by atoms with Crippen molar-refractivity contribution in [2.45, 2.75) is 78.3 Å². The first-order valence-corrected chi connectivity index (χ1v) is 14.8. The van der Waals surface area contributed by atoms with Crippen LogP contribution in [0.5, 0.6) is 0 Å². The Balaban J connectivity index is 2.42. The molecule has 114 valence electrons. The fourth-order valence-corrected chi connectivity index (χ4v) is 4.12. The summed E-state index contributed by atoms with van der Waals surface area (Å²) in [7, 11) is -2.62. The molecule has 1 atom stereocenters. The van der Waals surface area contributed by atoms with Gasteiger partial charge in [-0.05, 0) is 50.4 Å². The summed E-state index contributed by atoms with van der Waals surface area (Å²) in [6.45, 7) is 16.1. The van der Waals surface area contributed by atoms with Crippen molar-refractivity contribution < 1.29 is 4.43 Å². The van der Waals surface area contributed by atoms with E-state index in [2.05, 4.69) is 63.7 Å². The topological polar surface area (TPSA) is 9.23 Å². The molecule has 0 spiro atoms. The van der Waals surface area contributed by atoms with Crippen molar-refractivity contribution >= 4 is 16.4 Å². The number of rotatable bonds is 5. The van der Waals surface area contributed by atoms with E-state index >= 15 is 0 Å². The Kier molecular flexibility index (Phi) is 5.74. The van der Waals surface area contributed by atoms with Crippen LogP contribution in [-0.4, -0.2) is 16.4 Å². The highest BCUT2D eigenvalue weighted by atomic mass is 28.4. The van der Waals surface area contributed by atoms with Crippen molar-refractivity contribution in [2.24, 2.45) is 5.41 Å². The second-order valence-electron chi connectivity index (χ2n) is 8.38. The Hall–Kier alpha value is -0.466. The van der Waals surface area contributed by atoms with Crippen LogP contribution in [0.3, 0.4) is 0 Å². The molecule has 0 heterocycles. The average Bonchev–Trinajstić information content (AvgIpc) is 2.55. The summed E-state index contributed by atoms with van der Waals surface area (Å²) < 4.78 is 6.14. The molecule has 0 amide bonds. The van der Waals surface area contributed by atoms with Crippen LogP contribution < -0.4 is 0 Å². The highest BCUT2D eigenvalue weighted by Crippen LogP contribution is 2.40. The van der Waals surface area contributed by atoms with Gasteiger partial charge >= 0.3 is 0 Å². The SMILES string of the molecule is CC1(CCCC#C[Si](C)(C)C)C=C(O[Si](C)(C)C)CC1. The third-order valence-electron chi connectivity index (χ3n) is 3.40. The summed E-state index contributed by atoms with van der Waals surface area (Å²) in [5, 5.41) is 0. The van der Waals surface area contributed by atoms with E-state index in [1.807, 2.05) is 0 Å². The van der Waals surface area contributed by atoms with E-state index < -0.39 is 16.4 Å². The molecule has 3 heteroatoms. The summed E-state index contributed by atoms with van der Waals surface area (Å²) >= 11 is 0. The molecule has 0 aromatic rings. The van der Waals surface area contributed by atoms with E-state index in [1.165, 1.54) is 25.0 Å². The van der Waals surface area contributed by atoms with E-state index in [4.69, 9.17) is 4.43 Å². The maximum atomic E-state index is 6.14. The van der Waals surface area contributed by atoms with Gasteiger partial charge in [0.2, 0.25) is 8.32 Å². The van der Waals surface area contributed by atoms with Gasteiger partial charge in [-0.3, -0.25) is 0 Å². The van der Waals surface area contributed by atoms with Crippen LogP contribution in [0.1, 0.15) is 39.0 Å². The molecule has 20 heavy (non-hydrogen) atoms. The number of allylic oxidation sites excluding steroid dienone is 2. The highest BCUT2D eigenvalue weighted by Gasteiger charge is 2.30. The molecular formula is C17H32OSi2. The Morgan fingerprint density at radius 1 is 1.20 bits per heavy atom. The molecule has 0 fully saturated rings. The van der Waals surface area contributed by atoms with E-state index in [-0.39, 0.29) is 0 Å². The van der Waals surface area contributed by atoms with Crippen LogP contribution >= 0.6 is 0 Å². The monoisotopic (exact) mass is 308 g/mol. The van der Waals surface area contributed by atoms with Gasteiger partial charge in [0.25, 0.3) is 0 Å². The van der Waals surface area contributed by atoms with Gasteiger partial charge in [-0.1, -0.05) is 26.6 Å². The van der Waals surface area contributed by atoms with E-state index in [0.717, 1.165) is 12.8 Å². The molecule has 0 aromatic carbocycles. The van der Waals surface area contributed by atoms with Gasteiger partial charge < -0.3 is 4.43 Å². The average molecular weight is 309 g/mol. The first-order valence-electron chi connectivity index (χ1n) is 7.90. The van der Waals surface area contributed by atoms with Crippen molar-refractivity contribution in [3.05, 3.63) is 11.8 Å². The van der Waals surface area contributed by atoms with E-state index in [1.54, 1.807) is 0 Å². The van der Waals surface area contributed by atoms with Gasteiger partial charge in [0.15, 0.2) is 0 Å². The van der Waals surface area contributed by atoms with Gasteiger partial charge in [-0.15, -0.1) is 11.5 Å². The molecule has 0 aliphatic heterocycles. The molecule has 0 saturated carbocycles. The quantitative estimate of drug-likeness (QED) is 0.366. The zero-order chi connectivity index (χ0) is 15.4. The van der Waals surface area contributed by atoms with E-state index in [9.17, 15) is 0 Å². The van der Waals surface area contributed by atoms with Crippen LogP contribution in [0.4, 0.5) is 0 Å². The minimum Gasteiger partial charge on any atom is -0.548 e. The van der Waals surface area contributed by atoms with Crippen molar-refractivity contribution in [1.29, 1.82) is 0 Å². The summed E-state index contributed by atoms with van der Waals surface area (Å²) in [5.41, 5.74) is 3.80. The first kappa shape index (κ1) is 17.6. The molecule has 1 aliphatic rings. The number of hydrogen-bond donors (Lipinski definition) is 0. The van der Waals surface area contributed by atoms with Crippen molar-refractivity contribution in [2.75, 3.05) is 0 Å². The molecule has 1 unspecified atom stereocenters. The fraction of sp³-hybridized carbons (Fsp3) is 0.765. The molecule has 0 N–H and O–H groups in total. The fourth-order valence-electron chi connectivity index (χ4n) is 2.52. The van der Waals surface area contributed by atoms with Gasteiger partial charge in [-0.2, -0.15) is 0 Å². The maximum Gasteiger partial charge on any atom is 0.241 e. The van der Waals surface area contributed by atoms with Crippen molar-refractivity contribution in [3.63, 3.8) is 0 Å². The Bertz CT molecular complexity index is 415. The molecule has 0 saturated heterocycles. The number of hydrogen-bond acceptors (Lipinski definition) is 1. The summed E-state index contributed by atoms with van der Waals surface area (Å²) in [5.74, 6) is 4.63. The lowest BCUT2D eigenvalue weighted by molar-refractivity contribution is 0.370. The minimum absolute atomic E-state index is 0.343. The zero-order valence-electron chi connectivity index (χ0n) is 14.5. The Morgan fingerprint density at radius 3 is 2.40 bits per heavy atom. The molecule has 1 nitrogen and oxygen atoms in total. The van der Waals surface area contributed by atoms with Crippen LogP contribution in [0.25, 0.3) is 0 Å². The van der Waals surface area contributed by atoms with E-state index in [0.29, 0.717) is 5.41 Å². The molecule has 0 radical (unpaired) electrons. The molecule has 1 rings (SSSR count). The maximum absolute atomic E-state index is 6.14. The van der Waals surface area contributed by atoms with Gasteiger partial charge in [0, 0.05) is 12.8 Å². The summed E-state index contributed by atoms with van der Waals surface area (Å²) in [6, 6.07) is 0. The molecular weight excluding hydrogens is 276 g/mol. The molecule has 0 aromatic heterocycles. The lowest BCUT2D eigenvalue weighted by atomic mass is 9.85. The predicted octanol–water partition coefficient (Wildman–Crippen LogP) is 5.57. The van der Waals surface area contributed by atoms with Crippen LogP contribution in [0.2, 0.25) is 39.3 Å². The highest BCUT2D eigenvalue weighted by molar-refractivity contribution is 6.83. The standard InChI is InChI=1S/C17H32OSi2/c1-17(12-9-8-10-14-19(2,3)4)13-11-16(15-17)18-20(5,6)7/h15H,8-9,11-13H2,1-7H3. The van der Waals surface area contributed by atoms with Crippen molar-refractivity contribution in [3.8, 4) is 11.5 Å². The minimum atomic E-state index is -1.44. The van der Waals surface area contributed by atoms with Crippen LogP contribution in [0.15, 0.2) is 11.8 Å². The summed E-state index contributed by atoms with van der Waals surface area (Å²) in [4.78, 5) is 0. The molecule has 1 aliphatic carbocycles. The summed E-state index contributed by atoms with van der Waals surface area (Å²) in [6.07, 6.45) is 8.28. The second kappa shape index (κ2) is 6.53. The lowest BCUT2D eigenvalue weighted by Gasteiger charge is -2.21. The number of unbranched alkanes of at least 4 members (excludes halogenated alkanes) is 1. The van der Waals surface area contributed by atoms with Crippen molar-refractivity contribution in [1.82, 2.24) is 0 Å². The Morgan fingerprint density at radius 2 is 1.85 bits per heavy atom. The smallest absolute Gasteiger partial charge is 0.241 e. The third kappa shape index (κ3) is 7.35. The first-order chi connectivity index (χ1) is 8.99. The lowest BCUT2D eigenvalue weighted by Crippen LogP contribution is -2.24. The normalized spacial score (nSPS) is 23.1. The third-order valence-corrected chi connectivity index (χ3v) is 5.20. The largest absolute Gasteiger partial charge is 0.548 e. The molecule has 0 bridgehead atoms.